The largest absolute Gasteiger partial charge is 0.466 e. The van der Waals surface area contributed by atoms with Crippen molar-refractivity contribution >= 4 is 5.91 Å². The summed E-state index contributed by atoms with van der Waals surface area (Å²) in [5.74, 6) is 2.18. The number of hydrogen-bond donors (Lipinski definition) is 1. The van der Waals surface area contributed by atoms with Crippen LogP contribution in [0.2, 0.25) is 0 Å². The Morgan fingerprint density at radius 1 is 1.20 bits per heavy atom. The molecule has 4 heterocycles. The quantitative estimate of drug-likeness (QED) is 0.760. The molecule has 2 fully saturated rings. The van der Waals surface area contributed by atoms with Gasteiger partial charge in [0, 0.05) is 44.5 Å². The summed E-state index contributed by atoms with van der Waals surface area (Å²) < 4.78 is 5.59. The fraction of sp³-hybridized carbons (Fsp3) is 0.583. The predicted molar refractivity (Wildman–Crippen MR) is 117 cm³/mol. The molecule has 6 heteroatoms. The molecule has 0 aliphatic carbocycles. The van der Waals surface area contributed by atoms with Crippen molar-refractivity contribution in [2.24, 2.45) is 5.92 Å². The molecule has 0 bridgehead atoms. The third-order valence-corrected chi connectivity index (χ3v) is 6.49. The van der Waals surface area contributed by atoms with E-state index in [-0.39, 0.29) is 11.8 Å². The average Bonchev–Trinajstić information content (AvgIpc) is 3.20. The fourth-order valence-electron chi connectivity index (χ4n) is 4.82. The van der Waals surface area contributed by atoms with Gasteiger partial charge >= 0.3 is 0 Å². The zero-order valence-corrected chi connectivity index (χ0v) is 18.1. The molecule has 0 spiro atoms. The van der Waals surface area contributed by atoms with Crippen LogP contribution in [0.5, 0.6) is 0 Å². The fourth-order valence-corrected chi connectivity index (χ4v) is 4.82. The molecule has 1 unspecified atom stereocenters. The molecule has 162 valence electrons. The Balaban J connectivity index is 1.19. The first-order chi connectivity index (χ1) is 14.7. The Kier molecular flexibility index (Phi) is 7.18. The van der Waals surface area contributed by atoms with Crippen LogP contribution in [0.15, 0.2) is 41.1 Å². The van der Waals surface area contributed by atoms with Crippen LogP contribution in [0.4, 0.5) is 0 Å². The lowest BCUT2D eigenvalue weighted by molar-refractivity contribution is -0.127. The number of hydrogen-bond acceptors (Lipinski definition) is 5. The van der Waals surface area contributed by atoms with Gasteiger partial charge in [0.1, 0.15) is 11.5 Å². The minimum Gasteiger partial charge on any atom is -0.466 e. The maximum absolute atomic E-state index is 12.7. The number of amides is 1. The van der Waals surface area contributed by atoms with Gasteiger partial charge in [-0.2, -0.15) is 0 Å². The summed E-state index contributed by atoms with van der Waals surface area (Å²) in [7, 11) is 0. The van der Waals surface area contributed by atoms with E-state index in [1.165, 1.54) is 18.4 Å². The topological polar surface area (TPSA) is 61.6 Å². The molecule has 2 aliphatic heterocycles. The first-order valence-electron chi connectivity index (χ1n) is 11.4. The predicted octanol–water partition coefficient (Wildman–Crippen LogP) is 3.02. The molecule has 1 atom stereocenters. The summed E-state index contributed by atoms with van der Waals surface area (Å²) in [5.41, 5.74) is 1.29. The van der Waals surface area contributed by atoms with Crippen LogP contribution < -0.4 is 5.32 Å². The van der Waals surface area contributed by atoms with Crippen LogP contribution in [0.1, 0.15) is 42.8 Å². The number of likely N-dealkylation sites (tertiary alicyclic amines) is 2. The van der Waals surface area contributed by atoms with Crippen molar-refractivity contribution in [3.05, 3.63) is 53.7 Å². The highest BCUT2D eigenvalue weighted by molar-refractivity contribution is 5.78. The Morgan fingerprint density at radius 2 is 2.07 bits per heavy atom. The maximum Gasteiger partial charge on any atom is 0.224 e. The standard InChI is InChI=1S/C24H34N4O2/c1-19-6-7-23(30-19)8-12-26-24(29)21-5-3-13-28(18-21)22-9-14-27(15-10-22)17-20-4-2-11-25-16-20/h2,4,6-7,11,16,21-22H,3,5,8-10,12-15,17-18H2,1H3,(H,26,29). The average molecular weight is 411 g/mol. The number of carbonyl (C=O) groups excluding carboxylic acids is 1. The van der Waals surface area contributed by atoms with Gasteiger partial charge in [-0.15, -0.1) is 0 Å². The number of pyridine rings is 1. The number of rotatable bonds is 7. The van der Waals surface area contributed by atoms with Crippen molar-refractivity contribution in [1.29, 1.82) is 0 Å². The summed E-state index contributed by atoms with van der Waals surface area (Å²) in [5, 5.41) is 3.13. The Hall–Kier alpha value is -2.18. The smallest absolute Gasteiger partial charge is 0.224 e. The van der Waals surface area contributed by atoms with Crippen LogP contribution >= 0.6 is 0 Å². The molecule has 2 aliphatic rings. The second-order valence-electron chi connectivity index (χ2n) is 8.76. The van der Waals surface area contributed by atoms with E-state index in [0.717, 1.165) is 63.5 Å². The molecular formula is C24H34N4O2. The Labute approximate surface area is 179 Å². The Morgan fingerprint density at radius 3 is 2.80 bits per heavy atom. The lowest BCUT2D eigenvalue weighted by Gasteiger charge is -2.42. The second-order valence-corrected chi connectivity index (χ2v) is 8.76. The molecule has 1 amide bonds. The number of furan rings is 1. The summed E-state index contributed by atoms with van der Waals surface area (Å²) >= 11 is 0. The third-order valence-electron chi connectivity index (χ3n) is 6.49. The van der Waals surface area contributed by atoms with Gasteiger partial charge in [0.25, 0.3) is 0 Å². The molecule has 6 nitrogen and oxygen atoms in total. The molecule has 2 aromatic heterocycles. The number of nitrogens with zero attached hydrogens (tertiary/aromatic N) is 3. The van der Waals surface area contributed by atoms with Crippen molar-refractivity contribution in [2.75, 3.05) is 32.7 Å². The minimum atomic E-state index is 0.116. The van der Waals surface area contributed by atoms with Gasteiger partial charge in [0.2, 0.25) is 5.91 Å². The summed E-state index contributed by atoms with van der Waals surface area (Å²) in [4.78, 5) is 22.0. The molecular weight excluding hydrogens is 376 g/mol. The van der Waals surface area contributed by atoms with Gasteiger partial charge in [0.05, 0.1) is 5.92 Å². The molecule has 0 aromatic carbocycles. The summed E-state index contributed by atoms with van der Waals surface area (Å²) in [6, 6.07) is 8.73. The molecule has 1 N–H and O–H groups in total. The number of aryl methyl sites for hydroxylation is 1. The van der Waals surface area contributed by atoms with Crippen molar-refractivity contribution in [3.8, 4) is 0 Å². The highest BCUT2D eigenvalue weighted by Crippen LogP contribution is 2.24. The summed E-state index contributed by atoms with van der Waals surface area (Å²) in [6.07, 6.45) is 9.04. The highest BCUT2D eigenvalue weighted by Gasteiger charge is 2.31. The van der Waals surface area contributed by atoms with Crippen LogP contribution in [0.3, 0.4) is 0 Å². The number of piperidine rings is 2. The summed E-state index contributed by atoms with van der Waals surface area (Å²) in [6.45, 7) is 7.85. The van der Waals surface area contributed by atoms with Gasteiger partial charge in [-0.1, -0.05) is 6.07 Å². The first kappa shape index (κ1) is 21.1. The van der Waals surface area contributed by atoms with Gasteiger partial charge in [0.15, 0.2) is 0 Å². The van der Waals surface area contributed by atoms with Crippen LogP contribution in [0, 0.1) is 12.8 Å². The number of aromatic nitrogens is 1. The van der Waals surface area contributed by atoms with E-state index in [0.29, 0.717) is 12.6 Å². The van der Waals surface area contributed by atoms with Gasteiger partial charge in [-0.05, 0) is 76.0 Å². The van der Waals surface area contributed by atoms with Gasteiger partial charge in [-0.3, -0.25) is 19.6 Å². The third kappa shape index (κ3) is 5.70. The maximum atomic E-state index is 12.7. The van der Waals surface area contributed by atoms with Crippen molar-refractivity contribution in [2.45, 2.75) is 51.6 Å². The van der Waals surface area contributed by atoms with Crippen molar-refractivity contribution in [1.82, 2.24) is 20.1 Å². The second kappa shape index (κ2) is 10.2. The SMILES string of the molecule is Cc1ccc(CCNC(=O)C2CCCN(C3CCN(Cc4cccnc4)CC3)C2)o1. The van der Waals surface area contributed by atoms with Crippen LogP contribution in [-0.2, 0) is 17.8 Å². The van der Waals surface area contributed by atoms with E-state index < -0.39 is 0 Å². The molecule has 4 rings (SSSR count). The highest BCUT2D eigenvalue weighted by atomic mass is 16.3. The van der Waals surface area contributed by atoms with E-state index in [1.54, 1.807) is 0 Å². The van der Waals surface area contributed by atoms with Crippen molar-refractivity contribution < 1.29 is 9.21 Å². The first-order valence-corrected chi connectivity index (χ1v) is 11.4. The van der Waals surface area contributed by atoms with E-state index in [9.17, 15) is 4.79 Å². The molecule has 2 saturated heterocycles. The number of nitrogens with one attached hydrogen (secondary N) is 1. The van der Waals surface area contributed by atoms with E-state index in [4.69, 9.17) is 4.42 Å². The minimum absolute atomic E-state index is 0.116. The van der Waals surface area contributed by atoms with Crippen molar-refractivity contribution in [3.63, 3.8) is 0 Å². The molecule has 30 heavy (non-hydrogen) atoms. The number of carbonyl (C=O) groups is 1. The van der Waals surface area contributed by atoms with E-state index in [1.807, 2.05) is 37.5 Å². The molecule has 0 radical (unpaired) electrons. The van der Waals surface area contributed by atoms with Crippen LogP contribution in [-0.4, -0.2) is 59.5 Å². The van der Waals surface area contributed by atoms with Gasteiger partial charge in [-0.25, -0.2) is 0 Å². The zero-order valence-electron chi connectivity index (χ0n) is 18.1. The lowest BCUT2D eigenvalue weighted by Crippen LogP contribution is -2.50. The Bertz CT molecular complexity index is 799. The monoisotopic (exact) mass is 410 g/mol. The van der Waals surface area contributed by atoms with Gasteiger partial charge < -0.3 is 9.73 Å². The lowest BCUT2D eigenvalue weighted by atomic mass is 9.93. The van der Waals surface area contributed by atoms with E-state index >= 15 is 0 Å². The normalized spacial score (nSPS) is 21.6. The van der Waals surface area contributed by atoms with E-state index in [2.05, 4.69) is 26.2 Å². The molecule has 0 saturated carbocycles. The molecule has 2 aromatic rings. The van der Waals surface area contributed by atoms with Crippen LogP contribution in [0.25, 0.3) is 0 Å². The zero-order chi connectivity index (χ0) is 20.8.